The molecule has 0 fully saturated rings. The number of nitrogens with two attached hydrogens (primary N) is 1. The molecular formula is C8H13N3O. The Bertz CT molecular complexity index is 341. The monoisotopic (exact) mass is 167 g/mol. The Balaban J connectivity index is 3.38. The SMILES string of the molecule is Cc1[nH]c(=O)nc([C@H](C)N)c1C. The molecule has 0 saturated carbocycles. The van der Waals surface area contributed by atoms with Crippen LogP contribution in [0.4, 0.5) is 0 Å². The summed E-state index contributed by atoms with van der Waals surface area (Å²) in [5, 5.41) is 0. The van der Waals surface area contributed by atoms with Crippen LogP contribution in [0, 0.1) is 13.8 Å². The van der Waals surface area contributed by atoms with E-state index in [0.717, 1.165) is 11.3 Å². The molecule has 3 N–H and O–H groups in total. The summed E-state index contributed by atoms with van der Waals surface area (Å²) in [4.78, 5) is 17.4. The van der Waals surface area contributed by atoms with E-state index in [1.165, 1.54) is 0 Å². The van der Waals surface area contributed by atoms with Gasteiger partial charge in [0.25, 0.3) is 0 Å². The fourth-order valence-electron chi connectivity index (χ4n) is 1.11. The van der Waals surface area contributed by atoms with Crippen LogP contribution in [0.25, 0.3) is 0 Å². The minimum Gasteiger partial charge on any atom is -0.323 e. The Labute approximate surface area is 70.8 Å². The van der Waals surface area contributed by atoms with Gasteiger partial charge in [0.05, 0.1) is 5.69 Å². The number of H-pyrrole nitrogens is 1. The summed E-state index contributed by atoms with van der Waals surface area (Å²) in [5.41, 5.74) is 7.78. The lowest BCUT2D eigenvalue weighted by atomic mass is 10.1. The Morgan fingerprint density at radius 1 is 1.50 bits per heavy atom. The molecule has 66 valence electrons. The van der Waals surface area contributed by atoms with Crippen LogP contribution in [0.5, 0.6) is 0 Å². The van der Waals surface area contributed by atoms with E-state index in [1.807, 2.05) is 20.8 Å². The zero-order chi connectivity index (χ0) is 9.30. The summed E-state index contributed by atoms with van der Waals surface area (Å²) < 4.78 is 0. The Hall–Kier alpha value is -1.16. The molecule has 0 radical (unpaired) electrons. The lowest BCUT2D eigenvalue weighted by molar-refractivity contribution is 0.748. The van der Waals surface area contributed by atoms with Crippen LogP contribution in [0.15, 0.2) is 4.79 Å². The lowest BCUT2D eigenvalue weighted by Crippen LogP contribution is -2.20. The number of rotatable bonds is 1. The summed E-state index contributed by atoms with van der Waals surface area (Å²) in [5.74, 6) is 0. The van der Waals surface area contributed by atoms with Gasteiger partial charge in [0, 0.05) is 11.7 Å². The molecule has 1 atom stereocenters. The number of nitrogens with one attached hydrogen (secondary N) is 1. The van der Waals surface area contributed by atoms with E-state index in [0.29, 0.717) is 5.69 Å². The van der Waals surface area contributed by atoms with Crippen molar-refractivity contribution >= 4 is 0 Å². The first kappa shape index (κ1) is 8.93. The molecule has 1 aromatic heterocycles. The molecule has 4 nitrogen and oxygen atoms in total. The molecule has 0 aliphatic carbocycles. The first-order valence-electron chi connectivity index (χ1n) is 3.85. The summed E-state index contributed by atoms with van der Waals surface area (Å²) in [7, 11) is 0. The number of aromatic amines is 1. The Morgan fingerprint density at radius 3 is 2.58 bits per heavy atom. The highest BCUT2D eigenvalue weighted by Gasteiger charge is 2.08. The predicted octanol–water partition coefficient (Wildman–Crippen LogP) is 0.406. The van der Waals surface area contributed by atoms with E-state index in [1.54, 1.807) is 0 Å². The maximum atomic E-state index is 10.9. The second-order valence-electron chi connectivity index (χ2n) is 2.97. The number of aromatic nitrogens is 2. The quantitative estimate of drug-likeness (QED) is 0.636. The third-order valence-electron chi connectivity index (χ3n) is 1.89. The average Bonchev–Trinajstić information content (AvgIpc) is 1.96. The summed E-state index contributed by atoms with van der Waals surface area (Å²) in [6, 6.07) is -0.189. The van der Waals surface area contributed by atoms with Crippen LogP contribution in [0.2, 0.25) is 0 Å². The number of aryl methyl sites for hydroxylation is 1. The van der Waals surface area contributed by atoms with Crippen molar-refractivity contribution in [1.29, 1.82) is 0 Å². The molecule has 0 aromatic carbocycles. The van der Waals surface area contributed by atoms with Gasteiger partial charge in [0.2, 0.25) is 0 Å². The number of hydrogen-bond donors (Lipinski definition) is 2. The third kappa shape index (κ3) is 1.53. The van der Waals surface area contributed by atoms with Gasteiger partial charge in [-0.1, -0.05) is 0 Å². The van der Waals surface area contributed by atoms with Crippen LogP contribution in [0.3, 0.4) is 0 Å². The van der Waals surface area contributed by atoms with Crippen molar-refractivity contribution in [1.82, 2.24) is 9.97 Å². The lowest BCUT2D eigenvalue weighted by Gasteiger charge is -2.08. The van der Waals surface area contributed by atoms with E-state index in [-0.39, 0.29) is 11.7 Å². The van der Waals surface area contributed by atoms with Crippen LogP contribution >= 0.6 is 0 Å². The van der Waals surface area contributed by atoms with Crippen molar-refractivity contribution in [2.24, 2.45) is 5.73 Å². The van der Waals surface area contributed by atoms with Crippen LogP contribution < -0.4 is 11.4 Å². The first-order valence-corrected chi connectivity index (χ1v) is 3.85. The summed E-state index contributed by atoms with van der Waals surface area (Å²) in [6.45, 7) is 5.55. The van der Waals surface area contributed by atoms with Gasteiger partial charge in [-0.05, 0) is 26.3 Å². The molecule has 0 unspecified atom stereocenters. The van der Waals surface area contributed by atoms with E-state index in [2.05, 4.69) is 9.97 Å². The van der Waals surface area contributed by atoms with Crippen molar-refractivity contribution in [3.63, 3.8) is 0 Å². The number of hydrogen-bond acceptors (Lipinski definition) is 3. The second kappa shape index (κ2) is 3.06. The van der Waals surface area contributed by atoms with Crippen molar-refractivity contribution in [3.05, 3.63) is 27.4 Å². The standard InChI is InChI=1S/C8H13N3O/c1-4-6(3)10-8(12)11-7(4)5(2)9/h5H,9H2,1-3H3,(H,10,11,12)/t5-/m0/s1. The van der Waals surface area contributed by atoms with E-state index < -0.39 is 0 Å². The molecular weight excluding hydrogens is 154 g/mol. The molecule has 0 bridgehead atoms. The highest BCUT2D eigenvalue weighted by Crippen LogP contribution is 2.11. The smallest absolute Gasteiger partial charge is 0.323 e. The fraction of sp³-hybridized carbons (Fsp3) is 0.500. The van der Waals surface area contributed by atoms with Gasteiger partial charge < -0.3 is 10.7 Å². The van der Waals surface area contributed by atoms with E-state index in [9.17, 15) is 4.79 Å². The largest absolute Gasteiger partial charge is 0.345 e. The highest BCUT2D eigenvalue weighted by atomic mass is 16.1. The molecule has 1 heterocycles. The zero-order valence-corrected chi connectivity index (χ0v) is 7.51. The maximum absolute atomic E-state index is 10.9. The summed E-state index contributed by atoms with van der Waals surface area (Å²) in [6.07, 6.45) is 0. The van der Waals surface area contributed by atoms with Gasteiger partial charge in [0.15, 0.2) is 0 Å². The molecule has 0 saturated heterocycles. The molecule has 0 spiro atoms. The van der Waals surface area contributed by atoms with Crippen molar-refractivity contribution < 1.29 is 0 Å². The van der Waals surface area contributed by atoms with Crippen molar-refractivity contribution in [2.45, 2.75) is 26.8 Å². The van der Waals surface area contributed by atoms with Crippen LogP contribution in [-0.2, 0) is 0 Å². The van der Waals surface area contributed by atoms with Gasteiger partial charge in [-0.3, -0.25) is 0 Å². The Morgan fingerprint density at radius 2 is 2.08 bits per heavy atom. The third-order valence-corrected chi connectivity index (χ3v) is 1.89. The summed E-state index contributed by atoms with van der Waals surface area (Å²) >= 11 is 0. The molecule has 0 amide bonds. The predicted molar refractivity (Wildman–Crippen MR) is 46.9 cm³/mol. The van der Waals surface area contributed by atoms with Gasteiger partial charge in [0.1, 0.15) is 0 Å². The van der Waals surface area contributed by atoms with Crippen LogP contribution in [0.1, 0.15) is 29.9 Å². The topological polar surface area (TPSA) is 71.8 Å². The van der Waals surface area contributed by atoms with E-state index in [4.69, 9.17) is 5.73 Å². The van der Waals surface area contributed by atoms with Crippen molar-refractivity contribution in [2.75, 3.05) is 0 Å². The van der Waals surface area contributed by atoms with Crippen molar-refractivity contribution in [3.8, 4) is 0 Å². The van der Waals surface area contributed by atoms with Crippen LogP contribution in [-0.4, -0.2) is 9.97 Å². The van der Waals surface area contributed by atoms with Gasteiger partial charge in [-0.2, -0.15) is 4.98 Å². The minimum atomic E-state index is -0.328. The fourth-order valence-corrected chi connectivity index (χ4v) is 1.11. The maximum Gasteiger partial charge on any atom is 0.345 e. The molecule has 1 aromatic rings. The average molecular weight is 167 g/mol. The second-order valence-corrected chi connectivity index (χ2v) is 2.97. The minimum absolute atomic E-state index is 0.189. The first-order chi connectivity index (χ1) is 5.52. The van der Waals surface area contributed by atoms with Gasteiger partial charge in [-0.15, -0.1) is 0 Å². The normalized spacial score (nSPS) is 13.0. The number of nitrogens with zero attached hydrogens (tertiary/aromatic N) is 1. The molecule has 12 heavy (non-hydrogen) atoms. The van der Waals surface area contributed by atoms with Gasteiger partial charge >= 0.3 is 5.69 Å². The molecule has 4 heteroatoms. The molecule has 1 rings (SSSR count). The highest BCUT2D eigenvalue weighted by molar-refractivity contribution is 5.23. The Kier molecular flexibility index (Phi) is 2.28. The van der Waals surface area contributed by atoms with E-state index >= 15 is 0 Å². The molecule has 0 aliphatic rings. The zero-order valence-electron chi connectivity index (χ0n) is 7.51. The van der Waals surface area contributed by atoms with Gasteiger partial charge in [-0.25, -0.2) is 4.79 Å². The molecule has 0 aliphatic heterocycles.